The minimum Gasteiger partial charge on any atom is -0.491 e. The molecule has 0 bridgehead atoms. The smallest absolute Gasteiger partial charge is 0.346 e. The molecule has 0 amide bonds. The highest BCUT2D eigenvalue weighted by Crippen LogP contribution is 2.51. The molecule has 0 aliphatic heterocycles. The summed E-state index contributed by atoms with van der Waals surface area (Å²) in [5, 5.41) is 0. The van der Waals surface area contributed by atoms with Crippen molar-refractivity contribution >= 4 is 5.97 Å². The van der Waals surface area contributed by atoms with E-state index in [-0.39, 0.29) is 30.1 Å². The number of benzene rings is 3. The highest BCUT2D eigenvalue weighted by molar-refractivity contribution is 5.93. The van der Waals surface area contributed by atoms with Crippen LogP contribution in [0.3, 0.4) is 0 Å². The third kappa shape index (κ3) is 4.06. The van der Waals surface area contributed by atoms with Gasteiger partial charge in [0.05, 0.1) is 18.8 Å². The predicted octanol–water partition coefficient (Wildman–Crippen LogP) is 6.96. The zero-order valence-corrected chi connectivity index (χ0v) is 18.4. The molecular weight excluding hydrogens is 478 g/mol. The second-order valence-electron chi connectivity index (χ2n) is 7.48. The first kappa shape index (κ1) is 24.4. The van der Waals surface area contributed by atoms with Gasteiger partial charge in [-0.3, -0.25) is 0 Å². The lowest BCUT2D eigenvalue weighted by molar-refractivity contribution is 0.0720. The van der Waals surface area contributed by atoms with Crippen LogP contribution in [0, 0.1) is 23.3 Å². The standard InChI is InChI=1S/C25H18F6O4/c1-3-33-14-8-7-12-11-5-6-13(19(26)17(11)23(30)24(31)18(12)20(14)27)25(32)35-16-10-9-15(34-4-2)21(28)22(16)29/h5-10,23-24H,3-4H2,1-2H3. The van der Waals surface area contributed by atoms with Crippen molar-refractivity contribution in [2.75, 3.05) is 13.2 Å². The second kappa shape index (κ2) is 9.52. The van der Waals surface area contributed by atoms with E-state index in [4.69, 9.17) is 14.2 Å². The van der Waals surface area contributed by atoms with Crippen LogP contribution in [0.4, 0.5) is 26.3 Å². The minimum absolute atomic E-state index is 0.0514. The normalized spacial score (nSPS) is 16.3. The van der Waals surface area contributed by atoms with Crippen molar-refractivity contribution in [1.29, 1.82) is 0 Å². The predicted molar refractivity (Wildman–Crippen MR) is 113 cm³/mol. The molecule has 10 heteroatoms. The molecule has 0 radical (unpaired) electrons. The third-order valence-electron chi connectivity index (χ3n) is 5.46. The molecule has 2 unspecified atom stereocenters. The molecule has 0 N–H and O–H groups in total. The molecule has 0 spiro atoms. The number of alkyl halides is 2. The molecule has 4 rings (SSSR count). The van der Waals surface area contributed by atoms with Crippen LogP contribution in [0.5, 0.6) is 17.2 Å². The van der Waals surface area contributed by atoms with E-state index in [1.165, 1.54) is 12.1 Å². The van der Waals surface area contributed by atoms with Crippen LogP contribution < -0.4 is 14.2 Å². The Bertz CT molecular complexity index is 1310. The summed E-state index contributed by atoms with van der Waals surface area (Å²) in [5.41, 5.74) is -2.57. The topological polar surface area (TPSA) is 44.8 Å². The van der Waals surface area contributed by atoms with Crippen molar-refractivity contribution in [3.63, 3.8) is 0 Å². The maximum atomic E-state index is 15.3. The Morgan fingerprint density at radius 2 is 1.14 bits per heavy atom. The SMILES string of the molecule is CCOc1ccc(OC(=O)c2ccc3c(c2F)C(F)C(F)c2c-3ccc(OCC)c2F)c(F)c1F. The van der Waals surface area contributed by atoms with Crippen LogP contribution >= 0.6 is 0 Å². The van der Waals surface area contributed by atoms with Crippen molar-refractivity contribution in [2.45, 2.75) is 26.2 Å². The van der Waals surface area contributed by atoms with E-state index in [0.29, 0.717) is 0 Å². The fourth-order valence-electron chi connectivity index (χ4n) is 3.91. The lowest BCUT2D eigenvalue weighted by Crippen LogP contribution is -2.19. The van der Waals surface area contributed by atoms with Gasteiger partial charge in [0.15, 0.2) is 35.4 Å². The van der Waals surface area contributed by atoms with Gasteiger partial charge in [-0.15, -0.1) is 0 Å². The zero-order valence-electron chi connectivity index (χ0n) is 18.4. The number of hydrogen-bond acceptors (Lipinski definition) is 4. The van der Waals surface area contributed by atoms with Crippen LogP contribution in [-0.4, -0.2) is 19.2 Å². The number of esters is 1. The van der Waals surface area contributed by atoms with Gasteiger partial charge in [-0.05, 0) is 49.2 Å². The number of hydrogen-bond donors (Lipinski definition) is 0. The molecule has 0 saturated heterocycles. The molecular formula is C25H18F6O4. The van der Waals surface area contributed by atoms with Gasteiger partial charge in [0.25, 0.3) is 0 Å². The average molecular weight is 496 g/mol. The second-order valence-corrected chi connectivity index (χ2v) is 7.48. The van der Waals surface area contributed by atoms with Gasteiger partial charge in [0.1, 0.15) is 5.82 Å². The largest absolute Gasteiger partial charge is 0.491 e. The first-order valence-corrected chi connectivity index (χ1v) is 10.6. The summed E-state index contributed by atoms with van der Waals surface area (Å²) in [6.45, 7) is 3.27. The number of ether oxygens (including phenoxy) is 3. The maximum Gasteiger partial charge on any atom is 0.346 e. The molecule has 4 nitrogen and oxygen atoms in total. The van der Waals surface area contributed by atoms with Gasteiger partial charge >= 0.3 is 5.97 Å². The van der Waals surface area contributed by atoms with E-state index >= 15 is 8.78 Å². The molecule has 0 heterocycles. The Labute approximate surface area is 196 Å². The average Bonchev–Trinajstić information content (AvgIpc) is 2.83. The van der Waals surface area contributed by atoms with Crippen LogP contribution in [0.2, 0.25) is 0 Å². The van der Waals surface area contributed by atoms with E-state index in [9.17, 15) is 22.4 Å². The number of carbonyl (C=O) groups excluding carboxylic acids is 1. The minimum atomic E-state index is -2.66. The first-order valence-electron chi connectivity index (χ1n) is 10.6. The lowest BCUT2D eigenvalue weighted by atomic mass is 9.81. The summed E-state index contributed by atoms with van der Waals surface area (Å²) in [6.07, 6.45) is -5.24. The molecule has 0 saturated carbocycles. The Morgan fingerprint density at radius 3 is 1.74 bits per heavy atom. The molecule has 1 aliphatic rings. The number of halogens is 6. The van der Waals surface area contributed by atoms with E-state index in [2.05, 4.69) is 0 Å². The van der Waals surface area contributed by atoms with Crippen molar-refractivity contribution in [1.82, 2.24) is 0 Å². The van der Waals surface area contributed by atoms with Crippen molar-refractivity contribution in [3.8, 4) is 28.4 Å². The van der Waals surface area contributed by atoms with Gasteiger partial charge in [-0.25, -0.2) is 22.4 Å². The highest BCUT2D eigenvalue weighted by Gasteiger charge is 2.40. The lowest BCUT2D eigenvalue weighted by Gasteiger charge is -2.28. The summed E-state index contributed by atoms with van der Waals surface area (Å²) in [6, 6.07) is 6.39. The molecule has 2 atom stereocenters. The van der Waals surface area contributed by atoms with Gasteiger partial charge in [-0.2, -0.15) is 8.78 Å². The van der Waals surface area contributed by atoms with Crippen molar-refractivity contribution < 1.29 is 45.3 Å². The van der Waals surface area contributed by atoms with Crippen LogP contribution in [0.15, 0.2) is 36.4 Å². The molecule has 3 aromatic carbocycles. The number of rotatable bonds is 6. The van der Waals surface area contributed by atoms with Crippen molar-refractivity contribution in [2.24, 2.45) is 0 Å². The number of carbonyl (C=O) groups is 1. The fourth-order valence-corrected chi connectivity index (χ4v) is 3.91. The van der Waals surface area contributed by atoms with Crippen LogP contribution in [0.25, 0.3) is 11.1 Å². The number of fused-ring (bicyclic) bond motifs is 3. The summed E-state index contributed by atoms with van der Waals surface area (Å²) in [4.78, 5) is 12.5. The van der Waals surface area contributed by atoms with Gasteiger partial charge in [0.2, 0.25) is 11.6 Å². The summed E-state index contributed by atoms with van der Waals surface area (Å²) in [7, 11) is 0. The fraction of sp³-hybridized carbons (Fsp3) is 0.240. The van der Waals surface area contributed by atoms with Crippen LogP contribution in [0.1, 0.15) is 47.7 Å². The summed E-state index contributed by atoms with van der Waals surface area (Å²) >= 11 is 0. The van der Waals surface area contributed by atoms with Crippen molar-refractivity contribution in [3.05, 3.63) is 76.4 Å². The van der Waals surface area contributed by atoms with Gasteiger partial charge < -0.3 is 14.2 Å². The van der Waals surface area contributed by atoms with E-state index in [1.807, 2.05) is 0 Å². The van der Waals surface area contributed by atoms with E-state index < -0.39 is 69.8 Å². The first-order chi connectivity index (χ1) is 16.7. The molecule has 35 heavy (non-hydrogen) atoms. The molecule has 0 fully saturated rings. The van der Waals surface area contributed by atoms with Crippen LogP contribution in [-0.2, 0) is 0 Å². The zero-order chi connectivity index (χ0) is 25.4. The molecule has 3 aromatic rings. The summed E-state index contributed by atoms with van der Waals surface area (Å²) < 4.78 is 103. The Hall–Kier alpha value is -3.69. The van der Waals surface area contributed by atoms with Gasteiger partial charge in [0, 0.05) is 11.1 Å². The summed E-state index contributed by atoms with van der Waals surface area (Å²) in [5.74, 6) is -8.58. The quantitative estimate of drug-likeness (QED) is 0.210. The molecule has 1 aliphatic carbocycles. The molecule has 184 valence electrons. The van der Waals surface area contributed by atoms with Gasteiger partial charge in [-0.1, -0.05) is 12.1 Å². The Kier molecular flexibility index (Phi) is 6.64. The van der Waals surface area contributed by atoms with E-state index in [0.717, 1.165) is 24.3 Å². The molecule has 0 aromatic heterocycles. The Balaban J connectivity index is 1.73. The highest BCUT2D eigenvalue weighted by atomic mass is 19.2. The maximum absolute atomic E-state index is 15.3. The monoisotopic (exact) mass is 496 g/mol. The Morgan fingerprint density at radius 1 is 0.686 bits per heavy atom. The van der Waals surface area contributed by atoms with E-state index in [1.54, 1.807) is 13.8 Å². The third-order valence-corrected chi connectivity index (χ3v) is 5.46.